The molecule has 8 heteroatoms. The lowest BCUT2D eigenvalue weighted by Gasteiger charge is -2.18. The van der Waals surface area contributed by atoms with Crippen molar-refractivity contribution in [2.45, 2.75) is 11.8 Å². The zero-order valence-corrected chi connectivity index (χ0v) is 12.7. The number of likely N-dealkylation sites (N-methyl/N-ethyl adjacent to an activating group) is 1. The number of ether oxygens (including phenoxy) is 2. The van der Waals surface area contributed by atoms with E-state index in [0.717, 1.165) is 4.31 Å². The zero-order valence-electron chi connectivity index (χ0n) is 11.8. The van der Waals surface area contributed by atoms with Crippen molar-refractivity contribution in [3.8, 4) is 11.5 Å². The van der Waals surface area contributed by atoms with Gasteiger partial charge in [0, 0.05) is 13.1 Å². The predicted molar refractivity (Wildman–Crippen MR) is 73.3 cm³/mol. The molecule has 0 saturated heterocycles. The Hall–Kier alpha value is -1.80. The van der Waals surface area contributed by atoms with Crippen molar-refractivity contribution in [3.05, 3.63) is 17.7 Å². The minimum absolute atomic E-state index is 0.0406. The Morgan fingerprint density at radius 2 is 1.75 bits per heavy atom. The summed E-state index contributed by atoms with van der Waals surface area (Å²) < 4.78 is 35.8. The van der Waals surface area contributed by atoms with E-state index in [1.165, 1.54) is 27.3 Å². The first-order valence-electron chi connectivity index (χ1n) is 5.71. The van der Waals surface area contributed by atoms with E-state index in [2.05, 4.69) is 0 Å². The van der Waals surface area contributed by atoms with Gasteiger partial charge in [-0.25, -0.2) is 8.42 Å². The molecule has 0 aliphatic carbocycles. The number of methoxy groups -OCH3 is 2. The van der Waals surface area contributed by atoms with Crippen LogP contribution in [0.1, 0.15) is 5.56 Å². The van der Waals surface area contributed by atoms with E-state index < -0.39 is 22.5 Å². The van der Waals surface area contributed by atoms with Crippen LogP contribution < -0.4 is 15.2 Å². The Morgan fingerprint density at radius 3 is 2.20 bits per heavy atom. The second-order valence-electron chi connectivity index (χ2n) is 4.20. The van der Waals surface area contributed by atoms with Crippen molar-refractivity contribution in [1.82, 2.24) is 4.31 Å². The molecule has 1 amide bonds. The van der Waals surface area contributed by atoms with E-state index in [4.69, 9.17) is 15.2 Å². The second kappa shape index (κ2) is 6.10. The fourth-order valence-corrected chi connectivity index (χ4v) is 3.07. The summed E-state index contributed by atoms with van der Waals surface area (Å²) in [6.07, 6.45) is 0. The quantitative estimate of drug-likeness (QED) is 0.804. The van der Waals surface area contributed by atoms with Gasteiger partial charge in [0.15, 0.2) is 11.5 Å². The van der Waals surface area contributed by atoms with E-state index in [0.29, 0.717) is 17.1 Å². The monoisotopic (exact) mass is 302 g/mol. The first-order valence-corrected chi connectivity index (χ1v) is 7.15. The van der Waals surface area contributed by atoms with Gasteiger partial charge in [-0.15, -0.1) is 0 Å². The molecule has 112 valence electrons. The van der Waals surface area contributed by atoms with Crippen LogP contribution in [0.5, 0.6) is 11.5 Å². The highest BCUT2D eigenvalue weighted by Crippen LogP contribution is 2.33. The number of primary amides is 1. The van der Waals surface area contributed by atoms with Gasteiger partial charge < -0.3 is 15.2 Å². The molecule has 0 unspecified atom stereocenters. The summed E-state index contributed by atoms with van der Waals surface area (Å²) in [5, 5.41) is 0. The first-order chi connectivity index (χ1) is 9.23. The average Bonchev–Trinajstić information content (AvgIpc) is 2.37. The Morgan fingerprint density at radius 1 is 1.25 bits per heavy atom. The summed E-state index contributed by atoms with van der Waals surface area (Å²) in [5.74, 6) is -0.000131. The molecule has 0 aliphatic heterocycles. The highest BCUT2D eigenvalue weighted by atomic mass is 32.2. The van der Waals surface area contributed by atoms with Gasteiger partial charge in [-0.3, -0.25) is 4.79 Å². The molecule has 0 bridgehead atoms. The van der Waals surface area contributed by atoms with Crippen LogP contribution in [0.15, 0.2) is 17.0 Å². The van der Waals surface area contributed by atoms with Crippen molar-refractivity contribution in [2.24, 2.45) is 5.73 Å². The third-order valence-corrected chi connectivity index (χ3v) is 4.69. The molecular weight excluding hydrogens is 284 g/mol. The van der Waals surface area contributed by atoms with Crippen LogP contribution in [0, 0.1) is 6.92 Å². The van der Waals surface area contributed by atoms with Crippen LogP contribution >= 0.6 is 0 Å². The second-order valence-corrected chi connectivity index (χ2v) is 6.21. The third kappa shape index (κ3) is 3.20. The number of carbonyl (C=O) groups is 1. The number of benzene rings is 1. The minimum atomic E-state index is -3.83. The Kier molecular flexibility index (Phi) is 4.96. The number of carbonyl (C=O) groups excluding carboxylic acids is 1. The van der Waals surface area contributed by atoms with Crippen LogP contribution in [0.3, 0.4) is 0 Å². The number of nitrogens with two attached hydrogens (primary N) is 1. The van der Waals surface area contributed by atoms with Crippen molar-refractivity contribution in [3.63, 3.8) is 0 Å². The Labute approximate surface area is 118 Å². The number of aryl methyl sites for hydroxylation is 1. The number of hydrogen-bond donors (Lipinski definition) is 1. The molecule has 20 heavy (non-hydrogen) atoms. The van der Waals surface area contributed by atoms with Gasteiger partial charge in [0.2, 0.25) is 15.9 Å². The first kappa shape index (κ1) is 16.3. The van der Waals surface area contributed by atoms with Crippen molar-refractivity contribution in [1.29, 1.82) is 0 Å². The van der Waals surface area contributed by atoms with Gasteiger partial charge in [0.1, 0.15) is 0 Å². The molecule has 7 nitrogen and oxygen atoms in total. The van der Waals surface area contributed by atoms with Crippen LogP contribution in [-0.4, -0.2) is 46.4 Å². The summed E-state index contributed by atoms with van der Waals surface area (Å²) in [5.41, 5.74) is 5.50. The molecule has 0 aliphatic rings. The zero-order chi connectivity index (χ0) is 15.5. The minimum Gasteiger partial charge on any atom is -0.493 e. The lowest BCUT2D eigenvalue weighted by Crippen LogP contribution is -2.35. The SMILES string of the molecule is COc1cc(C)c(S(=O)(=O)N(C)CC(N)=O)cc1OC. The molecule has 1 aromatic rings. The molecule has 2 N–H and O–H groups in total. The number of sulfonamides is 1. The molecule has 0 radical (unpaired) electrons. The van der Waals surface area contributed by atoms with Gasteiger partial charge in [-0.1, -0.05) is 0 Å². The third-order valence-electron chi connectivity index (χ3n) is 2.75. The molecule has 0 fully saturated rings. The van der Waals surface area contributed by atoms with E-state index in [1.807, 2.05) is 0 Å². The van der Waals surface area contributed by atoms with Crippen molar-refractivity contribution < 1.29 is 22.7 Å². The van der Waals surface area contributed by atoms with E-state index in [-0.39, 0.29) is 4.90 Å². The maximum absolute atomic E-state index is 12.4. The average molecular weight is 302 g/mol. The summed E-state index contributed by atoms with van der Waals surface area (Å²) in [7, 11) is 0.339. The normalized spacial score (nSPS) is 11.4. The molecule has 0 aromatic heterocycles. The fraction of sp³-hybridized carbons (Fsp3) is 0.417. The van der Waals surface area contributed by atoms with Crippen molar-refractivity contribution >= 4 is 15.9 Å². The number of hydrogen-bond acceptors (Lipinski definition) is 5. The molecule has 1 rings (SSSR count). The predicted octanol–water partition coefficient (Wildman–Crippen LogP) is 0.118. The summed E-state index contributed by atoms with van der Waals surface area (Å²) in [6, 6.07) is 2.92. The van der Waals surface area contributed by atoms with Gasteiger partial charge in [-0.2, -0.15) is 4.31 Å². The molecule has 0 heterocycles. The lowest BCUT2D eigenvalue weighted by molar-refractivity contribution is -0.118. The maximum Gasteiger partial charge on any atom is 0.243 e. The number of amides is 1. The van der Waals surface area contributed by atoms with Crippen LogP contribution in [-0.2, 0) is 14.8 Å². The largest absolute Gasteiger partial charge is 0.493 e. The standard InChI is InChI=1S/C12H18N2O5S/c1-8-5-9(18-3)10(19-4)6-11(8)20(16,17)14(2)7-12(13)15/h5-6H,7H2,1-4H3,(H2,13,15). The fourth-order valence-electron chi connectivity index (χ4n) is 1.71. The highest BCUT2D eigenvalue weighted by molar-refractivity contribution is 7.89. The number of rotatable bonds is 6. The Balaban J connectivity index is 3.35. The Bertz CT molecular complexity index is 613. The van der Waals surface area contributed by atoms with Gasteiger partial charge in [0.25, 0.3) is 0 Å². The van der Waals surface area contributed by atoms with Crippen LogP contribution in [0.2, 0.25) is 0 Å². The smallest absolute Gasteiger partial charge is 0.243 e. The topological polar surface area (TPSA) is 98.9 Å². The molecular formula is C12H18N2O5S. The molecule has 1 aromatic carbocycles. The molecule has 0 spiro atoms. The van der Waals surface area contributed by atoms with E-state index >= 15 is 0 Å². The number of nitrogens with zero attached hydrogens (tertiary/aromatic N) is 1. The molecule has 0 atom stereocenters. The van der Waals surface area contributed by atoms with Gasteiger partial charge in [0.05, 0.1) is 25.7 Å². The van der Waals surface area contributed by atoms with E-state index in [1.54, 1.807) is 13.0 Å². The van der Waals surface area contributed by atoms with Crippen LogP contribution in [0.25, 0.3) is 0 Å². The molecule has 0 saturated carbocycles. The van der Waals surface area contributed by atoms with Crippen molar-refractivity contribution in [2.75, 3.05) is 27.8 Å². The van der Waals surface area contributed by atoms with E-state index in [9.17, 15) is 13.2 Å². The van der Waals surface area contributed by atoms with Gasteiger partial charge >= 0.3 is 0 Å². The maximum atomic E-state index is 12.4. The highest BCUT2D eigenvalue weighted by Gasteiger charge is 2.25. The van der Waals surface area contributed by atoms with Gasteiger partial charge in [-0.05, 0) is 18.6 Å². The summed E-state index contributed by atoms with van der Waals surface area (Å²) in [6.45, 7) is 1.24. The summed E-state index contributed by atoms with van der Waals surface area (Å²) >= 11 is 0. The summed E-state index contributed by atoms with van der Waals surface area (Å²) in [4.78, 5) is 10.9. The van der Waals surface area contributed by atoms with Crippen LogP contribution in [0.4, 0.5) is 0 Å². The lowest BCUT2D eigenvalue weighted by atomic mass is 10.2.